The van der Waals surface area contributed by atoms with Gasteiger partial charge in [-0.2, -0.15) is 0 Å². The molecule has 58 valence electrons. The summed E-state index contributed by atoms with van der Waals surface area (Å²) >= 11 is 5.49. The Morgan fingerprint density at radius 3 is 2.40 bits per heavy atom. The van der Waals surface area contributed by atoms with E-state index in [0.29, 0.717) is 0 Å². The van der Waals surface area contributed by atoms with Gasteiger partial charge < -0.3 is 5.11 Å². The standard InChI is InChI=1S/C8H13ClO/c1-4-7(3)8(10,5-2)6-9/h2,7,10H,4,6H2,1,3H3/t7-,8?/m0/s1. The average Bonchev–Trinajstić information content (AvgIpc) is 2.01. The molecule has 0 aromatic rings. The van der Waals surface area contributed by atoms with Crippen LogP contribution in [0.25, 0.3) is 0 Å². The highest BCUT2D eigenvalue weighted by atomic mass is 35.5. The van der Waals surface area contributed by atoms with Crippen LogP contribution in [0, 0.1) is 18.3 Å². The fraction of sp³-hybridized carbons (Fsp3) is 0.750. The van der Waals surface area contributed by atoms with Gasteiger partial charge in [0.05, 0.1) is 5.88 Å². The minimum atomic E-state index is -1.11. The van der Waals surface area contributed by atoms with Gasteiger partial charge >= 0.3 is 0 Å². The van der Waals surface area contributed by atoms with Crippen LogP contribution in [0.3, 0.4) is 0 Å². The lowest BCUT2D eigenvalue weighted by Gasteiger charge is -2.25. The van der Waals surface area contributed by atoms with Crippen molar-refractivity contribution in [1.29, 1.82) is 0 Å². The fourth-order valence-electron chi connectivity index (χ4n) is 0.650. The Bertz CT molecular complexity index is 139. The summed E-state index contributed by atoms with van der Waals surface area (Å²) in [5.74, 6) is 2.48. The lowest BCUT2D eigenvalue weighted by molar-refractivity contribution is 0.0661. The molecule has 0 aromatic heterocycles. The van der Waals surface area contributed by atoms with Gasteiger partial charge in [-0.1, -0.05) is 19.8 Å². The molecule has 1 nitrogen and oxygen atoms in total. The summed E-state index contributed by atoms with van der Waals surface area (Å²) in [5, 5.41) is 9.53. The molecule has 2 atom stereocenters. The molecule has 0 aliphatic heterocycles. The van der Waals surface area contributed by atoms with Gasteiger partial charge in [0.1, 0.15) is 5.60 Å². The highest BCUT2D eigenvalue weighted by Crippen LogP contribution is 2.20. The molecular formula is C8H13ClO. The zero-order valence-electron chi connectivity index (χ0n) is 6.39. The summed E-state index contributed by atoms with van der Waals surface area (Å²) in [7, 11) is 0. The Kier molecular flexibility index (Phi) is 3.78. The van der Waals surface area contributed by atoms with Crippen LogP contribution in [-0.2, 0) is 0 Å². The number of halogens is 1. The van der Waals surface area contributed by atoms with Crippen LogP contribution in [0.2, 0.25) is 0 Å². The number of hydrogen-bond acceptors (Lipinski definition) is 1. The molecule has 1 unspecified atom stereocenters. The molecule has 0 bridgehead atoms. The molecule has 0 amide bonds. The molecule has 0 heterocycles. The molecule has 1 N–H and O–H groups in total. The van der Waals surface area contributed by atoms with Gasteiger partial charge in [0.25, 0.3) is 0 Å². The number of hydrogen-bond donors (Lipinski definition) is 1. The van der Waals surface area contributed by atoms with E-state index in [1.54, 1.807) is 0 Å². The van der Waals surface area contributed by atoms with Crippen molar-refractivity contribution in [2.45, 2.75) is 25.9 Å². The first kappa shape index (κ1) is 9.81. The van der Waals surface area contributed by atoms with Gasteiger partial charge in [-0.3, -0.25) is 0 Å². The second kappa shape index (κ2) is 3.85. The van der Waals surface area contributed by atoms with E-state index in [4.69, 9.17) is 18.0 Å². The van der Waals surface area contributed by atoms with E-state index in [1.165, 1.54) is 0 Å². The topological polar surface area (TPSA) is 20.2 Å². The minimum Gasteiger partial charge on any atom is -0.376 e. The Balaban J connectivity index is 4.21. The number of alkyl halides is 1. The van der Waals surface area contributed by atoms with E-state index >= 15 is 0 Å². The Morgan fingerprint density at radius 2 is 2.30 bits per heavy atom. The maximum atomic E-state index is 9.53. The van der Waals surface area contributed by atoms with Crippen LogP contribution in [0.15, 0.2) is 0 Å². The highest BCUT2D eigenvalue weighted by Gasteiger charge is 2.28. The largest absolute Gasteiger partial charge is 0.376 e. The van der Waals surface area contributed by atoms with Crippen molar-refractivity contribution in [3.8, 4) is 12.3 Å². The van der Waals surface area contributed by atoms with Gasteiger partial charge in [-0.25, -0.2) is 0 Å². The molecule has 0 fully saturated rings. The first-order chi connectivity index (χ1) is 4.60. The molecule has 2 heteroatoms. The molecular weight excluding hydrogens is 148 g/mol. The van der Waals surface area contributed by atoms with Crippen molar-refractivity contribution in [1.82, 2.24) is 0 Å². The quantitative estimate of drug-likeness (QED) is 0.492. The Morgan fingerprint density at radius 1 is 1.80 bits per heavy atom. The van der Waals surface area contributed by atoms with Crippen molar-refractivity contribution < 1.29 is 5.11 Å². The van der Waals surface area contributed by atoms with Gasteiger partial charge in [-0.05, 0) is 12.3 Å². The maximum Gasteiger partial charge on any atom is 0.141 e. The monoisotopic (exact) mass is 160 g/mol. The van der Waals surface area contributed by atoms with Gasteiger partial charge in [0.2, 0.25) is 0 Å². The van der Waals surface area contributed by atoms with Gasteiger partial charge in [0.15, 0.2) is 0 Å². The zero-order chi connectivity index (χ0) is 8.20. The summed E-state index contributed by atoms with van der Waals surface area (Å²) in [6.45, 7) is 3.86. The summed E-state index contributed by atoms with van der Waals surface area (Å²) in [6.07, 6.45) is 5.95. The molecule has 0 aliphatic rings. The van der Waals surface area contributed by atoms with E-state index in [1.807, 2.05) is 13.8 Å². The fourth-order valence-corrected chi connectivity index (χ4v) is 0.991. The Hall–Kier alpha value is -0.190. The third-order valence-corrected chi connectivity index (χ3v) is 2.29. The van der Waals surface area contributed by atoms with Crippen molar-refractivity contribution in [2.24, 2.45) is 5.92 Å². The van der Waals surface area contributed by atoms with Crippen LogP contribution >= 0.6 is 11.6 Å². The molecule has 10 heavy (non-hydrogen) atoms. The summed E-state index contributed by atoms with van der Waals surface area (Å²) in [6, 6.07) is 0. The van der Waals surface area contributed by atoms with Gasteiger partial charge in [0, 0.05) is 0 Å². The average molecular weight is 161 g/mol. The van der Waals surface area contributed by atoms with Crippen LogP contribution < -0.4 is 0 Å². The van der Waals surface area contributed by atoms with Gasteiger partial charge in [-0.15, -0.1) is 18.0 Å². The molecule has 0 rings (SSSR count). The number of aliphatic hydroxyl groups is 1. The number of terminal acetylenes is 1. The molecule has 0 spiro atoms. The first-order valence-electron chi connectivity index (χ1n) is 3.36. The van der Waals surface area contributed by atoms with Crippen molar-refractivity contribution in [2.75, 3.05) is 5.88 Å². The summed E-state index contributed by atoms with van der Waals surface area (Å²) in [4.78, 5) is 0. The summed E-state index contributed by atoms with van der Waals surface area (Å²) in [5.41, 5.74) is -1.11. The lowest BCUT2D eigenvalue weighted by atomic mass is 9.89. The molecule has 0 aromatic carbocycles. The predicted molar refractivity (Wildman–Crippen MR) is 44.0 cm³/mol. The van der Waals surface area contributed by atoms with Crippen molar-refractivity contribution in [3.63, 3.8) is 0 Å². The van der Waals surface area contributed by atoms with E-state index in [-0.39, 0.29) is 11.8 Å². The SMILES string of the molecule is C#CC(O)(CCl)[C@@H](C)CC. The van der Waals surface area contributed by atoms with E-state index in [2.05, 4.69) is 5.92 Å². The molecule has 0 aliphatic carbocycles. The second-order valence-corrected chi connectivity index (χ2v) is 2.78. The third kappa shape index (κ3) is 1.90. The summed E-state index contributed by atoms with van der Waals surface area (Å²) < 4.78 is 0. The first-order valence-corrected chi connectivity index (χ1v) is 3.90. The smallest absolute Gasteiger partial charge is 0.141 e. The van der Waals surface area contributed by atoms with Crippen LogP contribution in [-0.4, -0.2) is 16.6 Å². The molecule has 0 saturated heterocycles. The van der Waals surface area contributed by atoms with Crippen molar-refractivity contribution >= 4 is 11.6 Å². The van der Waals surface area contributed by atoms with Crippen LogP contribution in [0.4, 0.5) is 0 Å². The van der Waals surface area contributed by atoms with Crippen LogP contribution in [0.5, 0.6) is 0 Å². The normalized spacial score (nSPS) is 19.1. The van der Waals surface area contributed by atoms with E-state index in [0.717, 1.165) is 6.42 Å². The van der Waals surface area contributed by atoms with Crippen LogP contribution in [0.1, 0.15) is 20.3 Å². The second-order valence-electron chi connectivity index (χ2n) is 2.51. The minimum absolute atomic E-state index is 0.0648. The molecule has 0 radical (unpaired) electrons. The lowest BCUT2D eigenvalue weighted by Crippen LogP contribution is -2.36. The zero-order valence-corrected chi connectivity index (χ0v) is 7.15. The Labute approximate surface area is 67.4 Å². The van der Waals surface area contributed by atoms with E-state index in [9.17, 15) is 5.11 Å². The van der Waals surface area contributed by atoms with E-state index < -0.39 is 5.60 Å². The number of rotatable bonds is 3. The van der Waals surface area contributed by atoms with Crippen molar-refractivity contribution in [3.05, 3.63) is 0 Å². The third-order valence-electron chi connectivity index (χ3n) is 1.88. The maximum absolute atomic E-state index is 9.53. The predicted octanol–water partition coefficient (Wildman–Crippen LogP) is 1.64. The highest BCUT2D eigenvalue weighted by molar-refractivity contribution is 6.18. The molecule has 0 saturated carbocycles.